The maximum atomic E-state index is 13.0. The van der Waals surface area contributed by atoms with Crippen molar-refractivity contribution in [1.82, 2.24) is 25.0 Å². The first-order valence-electron chi connectivity index (χ1n) is 11.0. The number of carbonyl (C=O) groups excluding carboxylic acids is 2. The van der Waals surface area contributed by atoms with Crippen LogP contribution in [0.5, 0.6) is 0 Å². The van der Waals surface area contributed by atoms with E-state index >= 15 is 0 Å². The van der Waals surface area contributed by atoms with Gasteiger partial charge in [0, 0.05) is 26.2 Å². The standard InChI is InChI=1S/C22H29N5O2S/c1-16(19-23-17-7-3-4-8-18(17)30-19)26-13-11-25(12-14-26)15-27-20(28)22(24-21(27)29)9-5-2-6-10-22/h3-4,7-8,16H,2,5-6,9-15H2,1H3,(H,24,29). The van der Waals surface area contributed by atoms with Crippen LogP contribution in [0.1, 0.15) is 50.1 Å². The molecule has 5 rings (SSSR count). The fourth-order valence-electron chi connectivity index (χ4n) is 5.02. The van der Waals surface area contributed by atoms with Crippen molar-refractivity contribution in [2.75, 3.05) is 32.8 Å². The van der Waals surface area contributed by atoms with Gasteiger partial charge in [0.2, 0.25) is 0 Å². The number of nitrogens with zero attached hydrogens (tertiary/aromatic N) is 4. The Balaban J connectivity index is 1.19. The minimum Gasteiger partial charge on any atom is -0.323 e. The third-order valence-electron chi connectivity index (χ3n) is 6.92. The van der Waals surface area contributed by atoms with E-state index in [4.69, 9.17) is 4.98 Å². The number of rotatable bonds is 4. The van der Waals surface area contributed by atoms with Crippen molar-refractivity contribution in [1.29, 1.82) is 0 Å². The predicted molar refractivity (Wildman–Crippen MR) is 117 cm³/mol. The third-order valence-corrected chi connectivity index (χ3v) is 8.12. The van der Waals surface area contributed by atoms with Crippen LogP contribution in [0.2, 0.25) is 0 Å². The summed E-state index contributed by atoms with van der Waals surface area (Å²) in [7, 11) is 0. The lowest BCUT2D eigenvalue weighted by Crippen LogP contribution is -2.52. The molecule has 1 N–H and O–H groups in total. The Morgan fingerprint density at radius 1 is 1.10 bits per heavy atom. The first kappa shape index (κ1) is 19.9. The Kier molecular flexibility index (Phi) is 5.24. The fourth-order valence-corrected chi connectivity index (χ4v) is 6.07. The van der Waals surface area contributed by atoms with Gasteiger partial charge in [-0.2, -0.15) is 0 Å². The van der Waals surface area contributed by atoms with E-state index < -0.39 is 5.54 Å². The normalized spacial score (nSPS) is 24.0. The summed E-state index contributed by atoms with van der Waals surface area (Å²) >= 11 is 1.77. The number of piperazine rings is 1. The smallest absolute Gasteiger partial charge is 0.323 e. The van der Waals surface area contributed by atoms with Gasteiger partial charge in [0.25, 0.3) is 5.91 Å². The van der Waals surface area contributed by atoms with Crippen LogP contribution in [0.25, 0.3) is 10.2 Å². The number of hydrogen-bond donors (Lipinski definition) is 1. The number of imide groups is 1. The van der Waals surface area contributed by atoms with Gasteiger partial charge in [-0.05, 0) is 31.9 Å². The van der Waals surface area contributed by atoms with Crippen LogP contribution in [0.15, 0.2) is 24.3 Å². The molecule has 3 aliphatic rings. The van der Waals surface area contributed by atoms with E-state index in [0.29, 0.717) is 6.67 Å². The van der Waals surface area contributed by atoms with Gasteiger partial charge < -0.3 is 5.32 Å². The predicted octanol–water partition coefficient (Wildman–Crippen LogP) is 3.19. The summed E-state index contributed by atoms with van der Waals surface area (Å²) in [5.41, 5.74) is 0.441. The average molecular weight is 428 g/mol. The molecule has 3 amide bonds. The molecule has 1 aliphatic carbocycles. The fraction of sp³-hybridized carbons (Fsp3) is 0.591. The van der Waals surface area contributed by atoms with E-state index in [9.17, 15) is 9.59 Å². The van der Waals surface area contributed by atoms with Crippen LogP contribution in [-0.4, -0.2) is 70.0 Å². The Labute approximate surface area is 181 Å². The first-order chi connectivity index (χ1) is 14.6. The van der Waals surface area contributed by atoms with Crippen molar-refractivity contribution < 1.29 is 9.59 Å². The highest BCUT2D eigenvalue weighted by atomic mass is 32.1. The van der Waals surface area contributed by atoms with Gasteiger partial charge in [-0.15, -0.1) is 11.3 Å². The highest BCUT2D eigenvalue weighted by Crippen LogP contribution is 2.34. The van der Waals surface area contributed by atoms with Crippen LogP contribution >= 0.6 is 11.3 Å². The van der Waals surface area contributed by atoms with Crippen molar-refractivity contribution in [3.8, 4) is 0 Å². The summed E-state index contributed by atoms with van der Waals surface area (Å²) in [6.45, 7) is 6.13. The second-order valence-electron chi connectivity index (χ2n) is 8.80. The molecule has 1 aromatic carbocycles. The van der Waals surface area contributed by atoms with Crippen LogP contribution in [0.4, 0.5) is 4.79 Å². The maximum absolute atomic E-state index is 13.0. The molecular formula is C22H29N5O2S. The minimum absolute atomic E-state index is 0.0162. The molecule has 7 nitrogen and oxygen atoms in total. The molecule has 2 aromatic rings. The summed E-state index contributed by atoms with van der Waals surface area (Å²) in [6.07, 6.45) is 4.74. The Bertz CT molecular complexity index is 913. The molecule has 2 saturated heterocycles. The highest BCUT2D eigenvalue weighted by molar-refractivity contribution is 7.18. The zero-order valence-corrected chi connectivity index (χ0v) is 18.3. The van der Waals surface area contributed by atoms with Crippen molar-refractivity contribution in [2.24, 2.45) is 0 Å². The molecular weight excluding hydrogens is 398 g/mol. The zero-order valence-electron chi connectivity index (χ0n) is 17.5. The number of carbonyl (C=O) groups is 2. The summed E-state index contributed by atoms with van der Waals surface area (Å²) < 4.78 is 1.23. The van der Waals surface area contributed by atoms with Gasteiger partial charge in [0.05, 0.1) is 22.9 Å². The molecule has 3 heterocycles. The van der Waals surface area contributed by atoms with Crippen molar-refractivity contribution in [3.63, 3.8) is 0 Å². The van der Waals surface area contributed by atoms with Crippen molar-refractivity contribution in [2.45, 2.75) is 50.6 Å². The molecule has 30 heavy (non-hydrogen) atoms. The molecule has 1 aromatic heterocycles. The molecule has 1 spiro atoms. The SMILES string of the molecule is CC(c1nc2ccccc2s1)N1CCN(CN2C(=O)NC3(CCCCC3)C2=O)CC1. The van der Waals surface area contributed by atoms with Crippen molar-refractivity contribution >= 4 is 33.5 Å². The lowest BCUT2D eigenvalue weighted by atomic mass is 9.82. The van der Waals surface area contributed by atoms with E-state index in [1.54, 1.807) is 11.3 Å². The van der Waals surface area contributed by atoms with Gasteiger partial charge in [-0.25, -0.2) is 14.7 Å². The number of benzene rings is 1. The Morgan fingerprint density at radius 2 is 1.83 bits per heavy atom. The van der Waals surface area contributed by atoms with Crippen LogP contribution < -0.4 is 5.32 Å². The largest absolute Gasteiger partial charge is 0.326 e. The van der Waals surface area contributed by atoms with Gasteiger partial charge in [0.15, 0.2) is 0 Å². The van der Waals surface area contributed by atoms with E-state index in [1.165, 1.54) is 9.60 Å². The zero-order chi connectivity index (χ0) is 20.7. The Morgan fingerprint density at radius 3 is 2.57 bits per heavy atom. The van der Waals surface area contributed by atoms with Gasteiger partial charge >= 0.3 is 6.03 Å². The summed E-state index contributed by atoms with van der Waals surface area (Å²) in [6, 6.07) is 8.33. The highest BCUT2D eigenvalue weighted by Gasteiger charge is 2.51. The topological polar surface area (TPSA) is 68.8 Å². The second-order valence-corrected chi connectivity index (χ2v) is 9.86. The van der Waals surface area contributed by atoms with Crippen molar-refractivity contribution in [3.05, 3.63) is 29.3 Å². The first-order valence-corrected chi connectivity index (χ1v) is 11.8. The van der Waals surface area contributed by atoms with Gasteiger partial charge in [0.1, 0.15) is 10.5 Å². The van der Waals surface area contributed by atoms with Crippen LogP contribution in [0, 0.1) is 0 Å². The number of urea groups is 1. The molecule has 1 atom stereocenters. The lowest BCUT2D eigenvalue weighted by Gasteiger charge is -2.38. The van der Waals surface area contributed by atoms with E-state index in [0.717, 1.165) is 68.8 Å². The summed E-state index contributed by atoms with van der Waals surface area (Å²) in [4.78, 5) is 36.5. The molecule has 1 saturated carbocycles. The van der Waals surface area contributed by atoms with E-state index in [-0.39, 0.29) is 18.0 Å². The molecule has 0 radical (unpaired) electrons. The maximum Gasteiger partial charge on any atom is 0.326 e. The number of aromatic nitrogens is 1. The molecule has 3 fully saturated rings. The second kappa shape index (κ2) is 7.90. The third kappa shape index (κ3) is 3.50. The quantitative estimate of drug-likeness (QED) is 0.759. The number of para-hydroxylation sites is 1. The molecule has 160 valence electrons. The molecule has 2 aliphatic heterocycles. The van der Waals surface area contributed by atoms with E-state index in [2.05, 4.69) is 40.2 Å². The summed E-state index contributed by atoms with van der Waals surface area (Å²) in [5, 5.41) is 4.16. The van der Waals surface area contributed by atoms with Crippen LogP contribution in [-0.2, 0) is 4.79 Å². The number of hydrogen-bond acceptors (Lipinski definition) is 6. The molecule has 1 unspecified atom stereocenters. The molecule has 8 heteroatoms. The number of amides is 3. The molecule has 0 bridgehead atoms. The lowest BCUT2D eigenvalue weighted by molar-refractivity contribution is -0.134. The number of fused-ring (bicyclic) bond motifs is 1. The van der Waals surface area contributed by atoms with Gasteiger partial charge in [-0.3, -0.25) is 14.6 Å². The number of nitrogens with one attached hydrogen (secondary N) is 1. The van der Waals surface area contributed by atoms with Gasteiger partial charge in [-0.1, -0.05) is 31.4 Å². The average Bonchev–Trinajstić information content (AvgIpc) is 3.30. The Hall–Kier alpha value is -2.03. The monoisotopic (exact) mass is 427 g/mol. The minimum atomic E-state index is -0.626. The summed E-state index contributed by atoms with van der Waals surface area (Å²) in [5.74, 6) is -0.0162. The van der Waals surface area contributed by atoms with Crippen LogP contribution in [0.3, 0.4) is 0 Å². The van der Waals surface area contributed by atoms with E-state index in [1.807, 2.05) is 6.07 Å². The number of thiazole rings is 1.